The van der Waals surface area contributed by atoms with E-state index < -0.39 is 0 Å². The fourth-order valence-corrected chi connectivity index (χ4v) is 4.06. The van der Waals surface area contributed by atoms with Crippen LogP contribution >= 0.6 is 47.8 Å². The number of benzene rings is 2. The highest BCUT2D eigenvalue weighted by Crippen LogP contribution is 2.28. The third-order valence-corrected chi connectivity index (χ3v) is 6.09. The van der Waals surface area contributed by atoms with Crippen LogP contribution in [-0.4, -0.2) is 47.6 Å². The average Bonchev–Trinajstić information content (AvgIpc) is 3.22. The minimum atomic E-state index is -0.0800. The van der Waals surface area contributed by atoms with Gasteiger partial charge in [0.15, 0.2) is 0 Å². The van der Waals surface area contributed by atoms with Crippen molar-refractivity contribution in [1.29, 1.82) is 0 Å². The minimum Gasteiger partial charge on any atom is -0.337 e. The highest BCUT2D eigenvalue weighted by atomic mass is 35.5. The van der Waals surface area contributed by atoms with Crippen molar-refractivity contribution >= 4 is 64.6 Å². The topological polar surface area (TPSA) is 35.9 Å². The Kier molecular flexibility index (Phi) is 9.76. The molecule has 1 saturated heterocycles. The molecule has 4 nitrogen and oxygen atoms in total. The van der Waals surface area contributed by atoms with Crippen LogP contribution in [0.5, 0.6) is 0 Å². The van der Waals surface area contributed by atoms with Crippen molar-refractivity contribution in [3.8, 4) is 0 Å². The van der Waals surface area contributed by atoms with Gasteiger partial charge in [-0.15, -0.1) is 12.4 Å². The Morgan fingerprint density at radius 1 is 1.20 bits per heavy atom. The van der Waals surface area contributed by atoms with Gasteiger partial charge in [0.1, 0.15) is 0 Å². The van der Waals surface area contributed by atoms with Gasteiger partial charge < -0.3 is 9.80 Å². The van der Waals surface area contributed by atoms with Crippen LogP contribution in [0, 0.1) is 0 Å². The number of nitrogens with zero attached hydrogens (tertiary/aromatic N) is 3. The predicted molar refractivity (Wildman–Crippen MR) is 130 cm³/mol. The average molecular weight is 485 g/mol. The summed E-state index contributed by atoms with van der Waals surface area (Å²) in [7, 11) is 1.86. The van der Waals surface area contributed by atoms with Crippen LogP contribution in [0.3, 0.4) is 0 Å². The lowest BCUT2D eigenvalue weighted by molar-refractivity contribution is -0.131. The van der Waals surface area contributed by atoms with E-state index in [2.05, 4.69) is 15.1 Å². The van der Waals surface area contributed by atoms with E-state index in [1.165, 1.54) is 12.8 Å². The summed E-state index contributed by atoms with van der Waals surface area (Å²) in [6.45, 7) is 2.90. The van der Waals surface area contributed by atoms with E-state index in [-0.39, 0.29) is 30.8 Å². The van der Waals surface area contributed by atoms with Gasteiger partial charge in [0.05, 0.1) is 33.4 Å². The zero-order valence-electron chi connectivity index (χ0n) is 16.7. The number of thiocarbonyl (C=S) groups is 1. The Morgan fingerprint density at radius 3 is 2.60 bits per heavy atom. The molecule has 0 saturated carbocycles. The number of aliphatic imine (C=N–C) groups is 1. The summed E-state index contributed by atoms with van der Waals surface area (Å²) in [6, 6.07) is 13.1. The van der Waals surface area contributed by atoms with Gasteiger partial charge in [-0.25, -0.2) is 0 Å². The molecule has 30 heavy (non-hydrogen) atoms. The molecular weight excluding hydrogens is 461 g/mol. The SMILES string of the molecule is CN(C(=O)Cc1ccc(Cl)c(Cl)c1)[C@H](CN1CCCC1)c1cccc(N=C=S)c1.Cl. The second-order valence-corrected chi connectivity index (χ2v) is 8.25. The van der Waals surface area contributed by atoms with Crippen molar-refractivity contribution in [2.45, 2.75) is 25.3 Å². The molecule has 1 heterocycles. The van der Waals surface area contributed by atoms with Crippen LogP contribution in [-0.2, 0) is 11.2 Å². The summed E-state index contributed by atoms with van der Waals surface area (Å²) in [5.41, 5.74) is 2.62. The van der Waals surface area contributed by atoms with E-state index in [1.54, 1.807) is 12.1 Å². The van der Waals surface area contributed by atoms with Crippen molar-refractivity contribution in [1.82, 2.24) is 9.80 Å². The molecule has 0 unspecified atom stereocenters. The van der Waals surface area contributed by atoms with Crippen LogP contribution in [0.1, 0.15) is 30.0 Å². The van der Waals surface area contributed by atoms with Crippen LogP contribution in [0.2, 0.25) is 10.0 Å². The number of hydrogen-bond donors (Lipinski definition) is 0. The summed E-state index contributed by atoms with van der Waals surface area (Å²) in [5, 5.41) is 3.35. The number of halogens is 3. The molecule has 8 heteroatoms. The van der Waals surface area contributed by atoms with Gasteiger partial charge in [-0.05, 0) is 73.5 Å². The molecule has 0 aromatic heterocycles. The number of likely N-dealkylation sites (tertiary alicyclic amines) is 1. The summed E-state index contributed by atoms with van der Waals surface area (Å²) < 4.78 is 0. The smallest absolute Gasteiger partial charge is 0.227 e. The van der Waals surface area contributed by atoms with E-state index in [0.29, 0.717) is 10.0 Å². The number of isothiocyanates is 1. The zero-order valence-corrected chi connectivity index (χ0v) is 19.8. The van der Waals surface area contributed by atoms with E-state index in [4.69, 9.17) is 35.4 Å². The molecule has 0 aliphatic carbocycles. The third kappa shape index (κ3) is 6.52. The van der Waals surface area contributed by atoms with Crippen molar-refractivity contribution in [2.24, 2.45) is 4.99 Å². The fourth-order valence-electron chi connectivity index (χ4n) is 3.64. The molecular formula is C22H24Cl3N3OS. The lowest BCUT2D eigenvalue weighted by Crippen LogP contribution is -2.39. The first-order chi connectivity index (χ1) is 14.0. The second kappa shape index (κ2) is 11.8. The van der Waals surface area contributed by atoms with Crippen molar-refractivity contribution < 1.29 is 4.79 Å². The maximum absolute atomic E-state index is 13.1. The molecule has 1 aliphatic heterocycles. The van der Waals surface area contributed by atoms with E-state index in [9.17, 15) is 4.79 Å². The largest absolute Gasteiger partial charge is 0.337 e. The predicted octanol–water partition coefficient (Wildman–Crippen LogP) is 5.99. The number of amides is 1. The molecule has 1 aliphatic rings. The van der Waals surface area contributed by atoms with Crippen LogP contribution in [0.15, 0.2) is 47.5 Å². The molecule has 0 spiro atoms. The number of likely N-dealkylation sites (N-methyl/N-ethyl adjacent to an activating group) is 1. The molecule has 3 rings (SSSR count). The first-order valence-corrected chi connectivity index (χ1v) is 10.7. The van der Waals surface area contributed by atoms with Crippen molar-refractivity contribution in [3.63, 3.8) is 0 Å². The van der Waals surface area contributed by atoms with Gasteiger partial charge in [0.25, 0.3) is 0 Å². The molecule has 1 atom stereocenters. The van der Waals surface area contributed by atoms with Gasteiger partial charge in [0, 0.05) is 13.6 Å². The standard InChI is InChI=1S/C22H23Cl2N3OS.ClH/c1-26(22(28)12-16-7-8-19(23)20(24)11-16)21(14-27-9-2-3-10-27)17-5-4-6-18(13-17)25-15-29;/h4-8,11,13,21H,2-3,9-10,12,14H2,1H3;1H/t21-;/m1./s1. The Hall–Kier alpha value is -1.46. The molecule has 0 radical (unpaired) electrons. The van der Waals surface area contributed by atoms with Crippen molar-refractivity contribution in [3.05, 3.63) is 63.6 Å². The Bertz CT molecular complexity index is 928. The van der Waals surface area contributed by atoms with Gasteiger partial charge in [-0.2, -0.15) is 4.99 Å². The van der Waals surface area contributed by atoms with Gasteiger partial charge in [-0.3, -0.25) is 4.79 Å². The van der Waals surface area contributed by atoms with Crippen LogP contribution < -0.4 is 0 Å². The van der Waals surface area contributed by atoms with E-state index >= 15 is 0 Å². The summed E-state index contributed by atoms with van der Waals surface area (Å²) >= 11 is 16.8. The fraction of sp³-hybridized carbons (Fsp3) is 0.364. The summed E-state index contributed by atoms with van der Waals surface area (Å²) in [6.07, 6.45) is 2.66. The maximum atomic E-state index is 13.1. The normalized spacial score (nSPS) is 14.5. The Balaban J connectivity index is 0.00000320. The van der Waals surface area contributed by atoms with E-state index in [1.807, 2.05) is 42.3 Å². The zero-order chi connectivity index (χ0) is 20.8. The molecule has 0 bridgehead atoms. The number of carbonyl (C=O) groups is 1. The van der Waals surface area contributed by atoms with E-state index in [0.717, 1.165) is 36.4 Å². The molecule has 0 N–H and O–H groups in total. The summed E-state index contributed by atoms with van der Waals surface area (Å²) in [5.74, 6) is 0.0244. The highest BCUT2D eigenvalue weighted by Gasteiger charge is 2.26. The third-order valence-electron chi connectivity index (χ3n) is 5.26. The molecule has 2 aromatic carbocycles. The Morgan fingerprint density at radius 2 is 1.93 bits per heavy atom. The molecule has 160 valence electrons. The van der Waals surface area contributed by atoms with Gasteiger partial charge in [-0.1, -0.05) is 41.4 Å². The minimum absolute atomic E-state index is 0. The molecule has 2 aromatic rings. The highest BCUT2D eigenvalue weighted by molar-refractivity contribution is 7.78. The number of rotatable bonds is 7. The quantitative estimate of drug-likeness (QED) is 0.358. The molecule has 1 amide bonds. The van der Waals surface area contributed by atoms with Gasteiger partial charge in [0.2, 0.25) is 5.91 Å². The van der Waals surface area contributed by atoms with Crippen LogP contribution in [0.4, 0.5) is 5.69 Å². The number of carbonyl (C=O) groups excluding carboxylic acids is 1. The lowest BCUT2D eigenvalue weighted by Gasteiger charge is -2.32. The van der Waals surface area contributed by atoms with Crippen molar-refractivity contribution in [2.75, 3.05) is 26.7 Å². The summed E-state index contributed by atoms with van der Waals surface area (Å²) in [4.78, 5) is 21.4. The lowest BCUT2D eigenvalue weighted by atomic mass is 10.0. The monoisotopic (exact) mass is 483 g/mol. The Labute approximate surface area is 199 Å². The second-order valence-electron chi connectivity index (χ2n) is 7.25. The first-order valence-electron chi connectivity index (χ1n) is 9.57. The van der Waals surface area contributed by atoms with Crippen LogP contribution in [0.25, 0.3) is 0 Å². The number of hydrogen-bond acceptors (Lipinski definition) is 4. The first kappa shape index (κ1) is 24.8. The maximum Gasteiger partial charge on any atom is 0.227 e. The van der Waals surface area contributed by atoms with Gasteiger partial charge >= 0.3 is 0 Å². The molecule has 1 fully saturated rings.